The summed E-state index contributed by atoms with van der Waals surface area (Å²) in [6.45, 7) is 0.556. The standard InChI is InChI=1S/C10H11N3O3S/c14-8(15)5-16-3-2-11-10-9-7(1-4-17-9)12-6-13-10/h1,4,6H,2-3,5H2,(H,14,15)(H,11,12,13). The molecule has 0 bridgehead atoms. The fourth-order valence-electron chi connectivity index (χ4n) is 1.32. The minimum Gasteiger partial charge on any atom is -0.480 e. The molecule has 0 radical (unpaired) electrons. The maximum atomic E-state index is 10.2. The topological polar surface area (TPSA) is 84.3 Å². The molecule has 0 aliphatic heterocycles. The zero-order valence-electron chi connectivity index (χ0n) is 8.92. The molecular formula is C10H11N3O3S. The van der Waals surface area contributed by atoms with E-state index in [1.54, 1.807) is 11.3 Å². The van der Waals surface area contributed by atoms with E-state index in [1.165, 1.54) is 6.33 Å². The van der Waals surface area contributed by atoms with Gasteiger partial charge in [0, 0.05) is 6.54 Å². The van der Waals surface area contributed by atoms with Crippen LogP contribution in [0.2, 0.25) is 0 Å². The molecule has 2 heterocycles. The first-order chi connectivity index (χ1) is 8.27. The van der Waals surface area contributed by atoms with Gasteiger partial charge in [0.25, 0.3) is 0 Å². The molecule has 2 rings (SSSR count). The Labute approximate surface area is 101 Å². The smallest absolute Gasteiger partial charge is 0.329 e. The third-order valence-corrected chi connectivity index (χ3v) is 2.92. The molecule has 0 amide bonds. The Morgan fingerprint density at radius 1 is 1.53 bits per heavy atom. The second-order valence-electron chi connectivity index (χ2n) is 3.23. The first-order valence-electron chi connectivity index (χ1n) is 4.99. The first kappa shape index (κ1) is 11.7. The lowest BCUT2D eigenvalue weighted by atomic mass is 10.4. The molecule has 0 aliphatic rings. The lowest BCUT2D eigenvalue weighted by Gasteiger charge is -2.05. The van der Waals surface area contributed by atoms with Gasteiger partial charge >= 0.3 is 5.97 Å². The fraction of sp³-hybridized carbons (Fsp3) is 0.300. The van der Waals surface area contributed by atoms with E-state index in [2.05, 4.69) is 15.3 Å². The highest BCUT2D eigenvalue weighted by molar-refractivity contribution is 7.17. The van der Waals surface area contributed by atoms with Crippen LogP contribution in [0.25, 0.3) is 10.2 Å². The summed E-state index contributed by atoms with van der Waals surface area (Å²) in [5.41, 5.74) is 0.902. The maximum Gasteiger partial charge on any atom is 0.329 e. The van der Waals surface area contributed by atoms with Crippen LogP contribution in [0.4, 0.5) is 5.82 Å². The second-order valence-corrected chi connectivity index (χ2v) is 4.15. The van der Waals surface area contributed by atoms with E-state index >= 15 is 0 Å². The Morgan fingerprint density at radius 3 is 3.24 bits per heavy atom. The minimum atomic E-state index is -0.965. The van der Waals surface area contributed by atoms with Gasteiger partial charge < -0.3 is 15.2 Å². The Kier molecular flexibility index (Phi) is 3.84. The van der Waals surface area contributed by atoms with Crippen LogP contribution < -0.4 is 5.32 Å². The molecule has 0 saturated carbocycles. The molecule has 2 aromatic rings. The predicted molar refractivity (Wildman–Crippen MR) is 64.4 cm³/mol. The molecule has 0 unspecified atom stereocenters. The number of nitrogens with zero attached hydrogens (tertiary/aromatic N) is 2. The molecule has 0 aromatic carbocycles. The van der Waals surface area contributed by atoms with Crippen LogP contribution in [0.1, 0.15) is 0 Å². The van der Waals surface area contributed by atoms with Crippen LogP contribution in [0.5, 0.6) is 0 Å². The number of hydrogen-bond donors (Lipinski definition) is 2. The van der Waals surface area contributed by atoms with Crippen molar-refractivity contribution in [2.75, 3.05) is 25.1 Å². The van der Waals surface area contributed by atoms with E-state index in [1.807, 2.05) is 11.4 Å². The van der Waals surface area contributed by atoms with Crippen molar-refractivity contribution in [3.8, 4) is 0 Å². The quantitative estimate of drug-likeness (QED) is 0.753. The summed E-state index contributed by atoms with van der Waals surface area (Å²) < 4.78 is 5.90. The van der Waals surface area contributed by atoms with E-state index in [0.29, 0.717) is 13.2 Å². The van der Waals surface area contributed by atoms with E-state index in [0.717, 1.165) is 16.0 Å². The summed E-state index contributed by atoms with van der Waals surface area (Å²) in [7, 11) is 0. The van der Waals surface area contributed by atoms with E-state index < -0.39 is 5.97 Å². The molecular weight excluding hydrogens is 242 g/mol. The van der Waals surface area contributed by atoms with Crippen LogP contribution >= 0.6 is 11.3 Å². The van der Waals surface area contributed by atoms with Crippen LogP contribution in [0.15, 0.2) is 17.8 Å². The summed E-state index contributed by atoms with van der Waals surface area (Å²) in [6.07, 6.45) is 1.50. The van der Waals surface area contributed by atoms with Crippen molar-refractivity contribution in [2.24, 2.45) is 0 Å². The Bertz CT molecular complexity index is 514. The van der Waals surface area contributed by atoms with E-state index in [4.69, 9.17) is 9.84 Å². The van der Waals surface area contributed by atoms with Gasteiger partial charge in [0.15, 0.2) is 0 Å². The SMILES string of the molecule is O=C(O)COCCNc1ncnc2ccsc12. The lowest BCUT2D eigenvalue weighted by Crippen LogP contribution is -2.14. The first-order valence-corrected chi connectivity index (χ1v) is 5.87. The van der Waals surface area contributed by atoms with Crippen LogP contribution in [-0.4, -0.2) is 40.8 Å². The van der Waals surface area contributed by atoms with Crippen molar-refractivity contribution in [2.45, 2.75) is 0 Å². The highest BCUT2D eigenvalue weighted by Gasteiger charge is 2.03. The summed E-state index contributed by atoms with van der Waals surface area (Å²) in [6, 6.07) is 1.92. The number of aromatic nitrogens is 2. The third-order valence-electron chi connectivity index (χ3n) is 2.01. The summed E-state index contributed by atoms with van der Waals surface area (Å²) in [4.78, 5) is 18.5. The number of aliphatic carboxylic acids is 1. The Morgan fingerprint density at radius 2 is 2.41 bits per heavy atom. The maximum absolute atomic E-state index is 10.2. The molecule has 90 valence electrons. The van der Waals surface area contributed by atoms with Gasteiger partial charge in [0.05, 0.1) is 16.8 Å². The molecule has 0 aliphatic carbocycles. The molecule has 2 aromatic heterocycles. The van der Waals surface area contributed by atoms with Gasteiger partial charge in [0.2, 0.25) is 0 Å². The fourth-order valence-corrected chi connectivity index (χ4v) is 2.13. The van der Waals surface area contributed by atoms with Crippen molar-refractivity contribution in [1.29, 1.82) is 0 Å². The van der Waals surface area contributed by atoms with Gasteiger partial charge in [-0.25, -0.2) is 14.8 Å². The number of nitrogens with one attached hydrogen (secondary N) is 1. The summed E-state index contributed by atoms with van der Waals surface area (Å²) in [5.74, 6) is -0.211. The predicted octanol–water partition coefficient (Wildman–Crippen LogP) is 1.20. The molecule has 6 nitrogen and oxygen atoms in total. The monoisotopic (exact) mass is 253 g/mol. The number of ether oxygens (including phenoxy) is 1. The highest BCUT2D eigenvalue weighted by Crippen LogP contribution is 2.24. The number of rotatable bonds is 6. The minimum absolute atomic E-state index is 0.278. The van der Waals surface area contributed by atoms with Gasteiger partial charge in [-0.2, -0.15) is 0 Å². The van der Waals surface area contributed by atoms with Crippen molar-refractivity contribution in [3.05, 3.63) is 17.8 Å². The van der Waals surface area contributed by atoms with Gasteiger partial charge in [-0.15, -0.1) is 11.3 Å². The van der Waals surface area contributed by atoms with E-state index in [9.17, 15) is 4.79 Å². The van der Waals surface area contributed by atoms with Gasteiger partial charge in [0.1, 0.15) is 18.8 Å². The van der Waals surface area contributed by atoms with Gasteiger partial charge in [-0.3, -0.25) is 0 Å². The van der Waals surface area contributed by atoms with Crippen molar-refractivity contribution < 1.29 is 14.6 Å². The molecule has 0 atom stereocenters. The van der Waals surface area contributed by atoms with Crippen molar-refractivity contribution in [3.63, 3.8) is 0 Å². The number of carboxylic acid groups (broad SMARTS) is 1. The van der Waals surface area contributed by atoms with Crippen molar-refractivity contribution >= 4 is 33.3 Å². The number of hydrogen-bond acceptors (Lipinski definition) is 6. The third kappa shape index (κ3) is 3.11. The Balaban J connectivity index is 1.86. The van der Waals surface area contributed by atoms with Crippen LogP contribution in [0, 0.1) is 0 Å². The zero-order chi connectivity index (χ0) is 12.1. The number of carboxylic acids is 1. The second kappa shape index (κ2) is 5.55. The zero-order valence-corrected chi connectivity index (χ0v) is 9.74. The highest BCUT2D eigenvalue weighted by atomic mass is 32.1. The average molecular weight is 253 g/mol. The number of anilines is 1. The number of thiophene rings is 1. The molecule has 7 heteroatoms. The average Bonchev–Trinajstić information content (AvgIpc) is 2.77. The molecule has 0 saturated heterocycles. The molecule has 0 fully saturated rings. The lowest BCUT2D eigenvalue weighted by molar-refractivity contribution is -0.142. The number of fused-ring (bicyclic) bond motifs is 1. The summed E-state index contributed by atoms with van der Waals surface area (Å²) in [5, 5.41) is 13.4. The molecule has 2 N–H and O–H groups in total. The van der Waals surface area contributed by atoms with Crippen molar-refractivity contribution in [1.82, 2.24) is 9.97 Å². The van der Waals surface area contributed by atoms with Crippen LogP contribution in [0.3, 0.4) is 0 Å². The molecule has 17 heavy (non-hydrogen) atoms. The summed E-state index contributed by atoms with van der Waals surface area (Å²) >= 11 is 1.56. The Hall–Kier alpha value is -1.73. The molecule has 0 spiro atoms. The van der Waals surface area contributed by atoms with Crippen LogP contribution in [-0.2, 0) is 9.53 Å². The largest absolute Gasteiger partial charge is 0.480 e. The van der Waals surface area contributed by atoms with E-state index in [-0.39, 0.29) is 6.61 Å². The van der Waals surface area contributed by atoms with Gasteiger partial charge in [-0.05, 0) is 11.4 Å². The number of carbonyl (C=O) groups is 1. The normalized spacial score (nSPS) is 10.6. The van der Waals surface area contributed by atoms with Gasteiger partial charge in [-0.1, -0.05) is 0 Å².